The van der Waals surface area contributed by atoms with Crippen LogP contribution >= 0.6 is 0 Å². The summed E-state index contributed by atoms with van der Waals surface area (Å²) in [4.78, 5) is 10.5. The van der Waals surface area contributed by atoms with E-state index >= 15 is 0 Å². The van der Waals surface area contributed by atoms with Crippen LogP contribution in [0.2, 0.25) is 0 Å². The number of hydrogen-bond acceptors (Lipinski definition) is 4. The fraction of sp³-hybridized carbons (Fsp3) is 0.125. The van der Waals surface area contributed by atoms with E-state index < -0.39 is 16.0 Å². The summed E-state index contributed by atoms with van der Waals surface area (Å²) in [6, 6.07) is 8.86. The minimum Gasteiger partial charge on any atom is -0.449 e. The van der Waals surface area contributed by atoms with Gasteiger partial charge in [-0.3, -0.25) is 0 Å². The molecule has 5 heteroatoms. The molecule has 13 heavy (non-hydrogen) atoms. The van der Waals surface area contributed by atoms with Crippen LogP contribution in [-0.4, -0.2) is 13.7 Å². The van der Waals surface area contributed by atoms with Crippen molar-refractivity contribution in [2.75, 3.05) is 0 Å². The normalized spacial score (nSPS) is 9.92. The van der Waals surface area contributed by atoms with E-state index in [4.69, 9.17) is 0 Å². The number of thiol groups is 1. The van der Waals surface area contributed by atoms with Gasteiger partial charge in [-0.25, -0.2) is 13.2 Å². The first-order valence-corrected chi connectivity index (χ1v) is 4.73. The molecule has 0 amide bonds. The Morgan fingerprint density at radius 2 is 1.85 bits per heavy atom. The highest BCUT2D eigenvalue weighted by Gasteiger charge is 2.03. The third kappa shape index (κ3) is 3.25. The van der Waals surface area contributed by atoms with E-state index in [0.717, 1.165) is 5.56 Å². The van der Waals surface area contributed by atoms with Crippen LogP contribution in [0.4, 0.5) is 4.79 Å². The Labute approximate surface area is 77.1 Å². The van der Waals surface area contributed by atoms with E-state index in [1.807, 2.05) is 6.07 Å². The van der Waals surface area contributed by atoms with Crippen molar-refractivity contribution in [3.05, 3.63) is 35.9 Å². The lowest BCUT2D eigenvalue weighted by Crippen LogP contribution is -2.03. The summed E-state index contributed by atoms with van der Waals surface area (Å²) in [5.74, 6) is 0. The molecule has 0 N–H and O–H groups in total. The summed E-state index contributed by atoms with van der Waals surface area (Å²) < 4.78 is 24.6. The highest BCUT2D eigenvalue weighted by molar-refractivity contribution is 7.88. The van der Waals surface area contributed by atoms with Gasteiger partial charge in [0.05, 0.1) is 0 Å². The van der Waals surface area contributed by atoms with E-state index in [1.165, 1.54) is 0 Å². The van der Waals surface area contributed by atoms with Crippen molar-refractivity contribution in [3.63, 3.8) is 0 Å². The minimum atomic E-state index is -3.12. The first-order valence-electron chi connectivity index (χ1n) is 3.55. The molecule has 0 aliphatic heterocycles. The van der Waals surface area contributed by atoms with Crippen LogP contribution in [0, 0.1) is 0 Å². The van der Waals surface area contributed by atoms with Gasteiger partial charge < -0.3 is 4.74 Å². The average molecular weight is 200 g/mol. The van der Waals surface area contributed by atoms with Crippen LogP contribution < -0.4 is 0 Å². The topological polar surface area (TPSA) is 60.4 Å². The van der Waals surface area contributed by atoms with Crippen molar-refractivity contribution in [2.24, 2.45) is 0 Å². The molecule has 70 valence electrons. The molecular weight excluding hydrogens is 192 g/mol. The van der Waals surface area contributed by atoms with Crippen LogP contribution in [0.5, 0.6) is 0 Å². The molecule has 1 aromatic carbocycles. The van der Waals surface area contributed by atoms with E-state index in [9.17, 15) is 13.2 Å². The summed E-state index contributed by atoms with van der Waals surface area (Å²) in [5, 5.41) is -1.20. The van der Waals surface area contributed by atoms with E-state index in [1.54, 1.807) is 24.3 Å². The van der Waals surface area contributed by atoms with Crippen molar-refractivity contribution >= 4 is 16.0 Å². The van der Waals surface area contributed by atoms with E-state index in [0.29, 0.717) is 0 Å². The summed E-state index contributed by atoms with van der Waals surface area (Å²) in [6.07, 6.45) is 0. The number of benzene rings is 1. The summed E-state index contributed by atoms with van der Waals surface area (Å²) in [6.45, 7) is -0.0109. The molecular formula is C8H8O4S. The maximum atomic E-state index is 10.5. The third-order valence-electron chi connectivity index (χ3n) is 1.35. The van der Waals surface area contributed by atoms with Gasteiger partial charge in [0.25, 0.3) is 0 Å². The molecule has 0 spiro atoms. The lowest BCUT2D eigenvalue weighted by molar-refractivity contribution is 0.166. The van der Waals surface area contributed by atoms with Crippen LogP contribution in [0.3, 0.4) is 0 Å². The molecule has 0 atom stereocenters. The van der Waals surface area contributed by atoms with Crippen molar-refractivity contribution in [1.82, 2.24) is 0 Å². The predicted molar refractivity (Wildman–Crippen MR) is 46.9 cm³/mol. The molecule has 0 heterocycles. The molecule has 0 bridgehead atoms. The van der Waals surface area contributed by atoms with E-state index in [2.05, 4.69) is 4.74 Å². The van der Waals surface area contributed by atoms with Gasteiger partial charge in [-0.2, -0.15) is 0 Å². The predicted octanol–water partition coefficient (Wildman–Crippen LogP) is 0.935. The summed E-state index contributed by atoms with van der Waals surface area (Å²) >= 11 is 0. The van der Waals surface area contributed by atoms with Gasteiger partial charge in [0.15, 0.2) is 0 Å². The molecule has 0 aromatic heterocycles. The molecule has 0 saturated carbocycles. The molecule has 0 aliphatic carbocycles. The standard InChI is InChI=1S/C8H8O4S/c9-8(13(10)11)12-6-7-4-2-1-3-5-7/h1-5,13H,6H2. The second kappa shape index (κ2) is 4.61. The molecule has 0 radical (unpaired) electrons. The lowest BCUT2D eigenvalue weighted by Gasteiger charge is -1.99. The smallest absolute Gasteiger partial charge is 0.422 e. The lowest BCUT2D eigenvalue weighted by atomic mass is 10.2. The van der Waals surface area contributed by atoms with Crippen LogP contribution in [-0.2, 0) is 22.0 Å². The zero-order chi connectivity index (χ0) is 9.68. The quantitative estimate of drug-likeness (QED) is 0.570. The number of carbonyl (C=O) groups excluding carboxylic acids is 1. The molecule has 1 aromatic rings. The first-order chi connectivity index (χ1) is 6.20. The molecule has 1 rings (SSSR count). The van der Waals surface area contributed by atoms with Crippen molar-refractivity contribution < 1.29 is 17.9 Å². The second-order valence-corrected chi connectivity index (χ2v) is 3.18. The van der Waals surface area contributed by atoms with Gasteiger partial charge in [0.2, 0.25) is 10.7 Å². The monoisotopic (exact) mass is 200 g/mol. The zero-order valence-corrected chi connectivity index (χ0v) is 7.57. The highest BCUT2D eigenvalue weighted by Crippen LogP contribution is 2.00. The number of rotatable bonds is 2. The van der Waals surface area contributed by atoms with Gasteiger partial charge in [-0.1, -0.05) is 30.3 Å². The summed E-state index contributed by atoms with van der Waals surface area (Å²) in [5.41, 5.74) is 0.757. The van der Waals surface area contributed by atoms with Crippen LogP contribution in [0.1, 0.15) is 5.56 Å². The SMILES string of the molecule is O=C(OCc1ccccc1)[SH](=O)=O. The largest absolute Gasteiger partial charge is 0.449 e. The maximum Gasteiger partial charge on any atom is 0.422 e. The van der Waals surface area contributed by atoms with Crippen molar-refractivity contribution in [3.8, 4) is 0 Å². The number of hydrogen-bond donors (Lipinski definition) is 1. The van der Waals surface area contributed by atoms with E-state index in [-0.39, 0.29) is 6.61 Å². The highest BCUT2D eigenvalue weighted by atomic mass is 32.2. The molecule has 0 saturated heterocycles. The Hall–Kier alpha value is -1.36. The summed E-state index contributed by atoms with van der Waals surface area (Å²) in [7, 11) is -3.12. The van der Waals surface area contributed by atoms with Crippen molar-refractivity contribution in [1.29, 1.82) is 0 Å². The molecule has 0 aliphatic rings. The maximum absolute atomic E-state index is 10.5. The Morgan fingerprint density at radius 1 is 1.23 bits per heavy atom. The average Bonchev–Trinajstić information content (AvgIpc) is 2.15. The zero-order valence-electron chi connectivity index (χ0n) is 6.67. The van der Waals surface area contributed by atoms with Crippen LogP contribution in [0.25, 0.3) is 0 Å². The molecule has 4 nitrogen and oxygen atoms in total. The van der Waals surface area contributed by atoms with Gasteiger partial charge in [0, 0.05) is 0 Å². The van der Waals surface area contributed by atoms with Crippen molar-refractivity contribution in [2.45, 2.75) is 6.61 Å². The van der Waals surface area contributed by atoms with Gasteiger partial charge in [0.1, 0.15) is 6.61 Å². The Morgan fingerprint density at radius 3 is 2.38 bits per heavy atom. The molecule has 0 unspecified atom stereocenters. The number of carbonyl (C=O) groups is 1. The van der Waals surface area contributed by atoms with Crippen LogP contribution in [0.15, 0.2) is 30.3 Å². The fourth-order valence-electron chi connectivity index (χ4n) is 0.772. The Bertz CT molecular complexity index is 348. The Balaban J connectivity index is 2.49. The fourth-order valence-corrected chi connectivity index (χ4v) is 0.942. The third-order valence-corrected chi connectivity index (χ3v) is 1.78. The number of ether oxygens (including phenoxy) is 1. The second-order valence-electron chi connectivity index (χ2n) is 2.30. The van der Waals surface area contributed by atoms with Gasteiger partial charge in [-0.05, 0) is 5.56 Å². The minimum absolute atomic E-state index is 0.0109. The Kier molecular flexibility index (Phi) is 3.45. The van der Waals surface area contributed by atoms with Gasteiger partial charge in [-0.15, -0.1) is 0 Å². The van der Waals surface area contributed by atoms with Gasteiger partial charge >= 0.3 is 5.30 Å². The molecule has 0 fully saturated rings. The first kappa shape index (κ1) is 9.73.